The Bertz CT molecular complexity index is 632. The molecule has 0 amide bonds. The maximum atomic E-state index is 13.7. The molecule has 106 valence electrons. The Morgan fingerprint density at radius 3 is 2.55 bits per heavy atom. The summed E-state index contributed by atoms with van der Waals surface area (Å²) < 4.78 is 32.9. The third kappa shape index (κ3) is 3.35. The minimum atomic E-state index is -0.994. The summed E-state index contributed by atoms with van der Waals surface area (Å²) in [5.74, 6) is -1.58. The number of hydrogen-bond acceptors (Lipinski definition) is 2. The van der Waals surface area contributed by atoms with Crippen molar-refractivity contribution in [3.8, 4) is 11.5 Å². The van der Waals surface area contributed by atoms with Gasteiger partial charge in [-0.15, -0.1) is 0 Å². The average molecular weight is 342 g/mol. The molecule has 0 aromatic heterocycles. The van der Waals surface area contributed by atoms with Crippen LogP contribution < -0.4 is 10.1 Å². The minimum absolute atomic E-state index is 0.138. The topological polar surface area (TPSA) is 21.3 Å². The highest BCUT2D eigenvalue weighted by molar-refractivity contribution is 9.10. The van der Waals surface area contributed by atoms with Crippen molar-refractivity contribution in [2.45, 2.75) is 13.5 Å². The molecule has 2 aromatic carbocycles. The zero-order valence-electron chi connectivity index (χ0n) is 11.1. The molecule has 0 aliphatic rings. The van der Waals surface area contributed by atoms with E-state index in [2.05, 4.69) is 21.2 Å². The lowest BCUT2D eigenvalue weighted by atomic mass is 10.1. The van der Waals surface area contributed by atoms with Crippen molar-refractivity contribution in [1.82, 2.24) is 5.32 Å². The van der Waals surface area contributed by atoms with Gasteiger partial charge in [-0.2, -0.15) is 4.39 Å². The smallest absolute Gasteiger partial charge is 0.201 e. The second kappa shape index (κ2) is 6.33. The fourth-order valence-electron chi connectivity index (χ4n) is 1.87. The van der Waals surface area contributed by atoms with Crippen molar-refractivity contribution in [3.05, 3.63) is 57.6 Å². The van der Waals surface area contributed by atoms with Gasteiger partial charge in [0.25, 0.3) is 0 Å². The van der Waals surface area contributed by atoms with Crippen molar-refractivity contribution >= 4 is 15.9 Å². The van der Waals surface area contributed by atoms with Gasteiger partial charge in [0, 0.05) is 11.0 Å². The molecule has 2 aromatic rings. The van der Waals surface area contributed by atoms with E-state index in [1.54, 1.807) is 6.07 Å². The van der Waals surface area contributed by atoms with E-state index in [4.69, 9.17) is 4.74 Å². The number of rotatable bonds is 4. The van der Waals surface area contributed by atoms with Crippen LogP contribution in [0.4, 0.5) is 8.78 Å². The Kier molecular flexibility index (Phi) is 4.73. The lowest BCUT2D eigenvalue weighted by Crippen LogP contribution is -2.05. The van der Waals surface area contributed by atoms with Gasteiger partial charge in [-0.3, -0.25) is 0 Å². The molecule has 0 saturated carbocycles. The summed E-state index contributed by atoms with van der Waals surface area (Å²) in [6.07, 6.45) is 0. The van der Waals surface area contributed by atoms with Gasteiger partial charge in [-0.05, 0) is 43.3 Å². The summed E-state index contributed by atoms with van der Waals surface area (Å²) in [6, 6.07) is 8.04. The predicted octanol–water partition coefficient (Wildman–Crippen LogP) is 4.55. The molecule has 0 saturated heterocycles. The monoisotopic (exact) mass is 341 g/mol. The Balaban J connectivity index is 2.31. The summed E-state index contributed by atoms with van der Waals surface area (Å²) in [4.78, 5) is 0. The van der Waals surface area contributed by atoms with E-state index in [9.17, 15) is 8.78 Å². The second-order valence-electron chi connectivity index (χ2n) is 4.43. The Hall–Kier alpha value is -1.46. The van der Waals surface area contributed by atoms with Crippen LogP contribution in [0.25, 0.3) is 0 Å². The number of nitrogens with one attached hydrogen (secondary N) is 1. The highest BCUT2D eigenvalue weighted by Gasteiger charge is 2.13. The lowest BCUT2D eigenvalue weighted by Gasteiger charge is -2.11. The first kappa shape index (κ1) is 14.9. The van der Waals surface area contributed by atoms with Gasteiger partial charge in [-0.25, -0.2) is 4.39 Å². The molecule has 1 N–H and O–H groups in total. The van der Waals surface area contributed by atoms with Gasteiger partial charge in [0.1, 0.15) is 5.75 Å². The molecule has 20 heavy (non-hydrogen) atoms. The summed E-state index contributed by atoms with van der Waals surface area (Å²) in [5.41, 5.74) is 1.95. The first-order chi connectivity index (χ1) is 9.51. The molecule has 0 heterocycles. The summed E-state index contributed by atoms with van der Waals surface area (Å²) >= 11 is 3.12. The van der Waals surface area contributed by atoms with E-state index in [0.717, 1.165) is 23.7 Å². The molecule has 0 unspecified atom stereocenters. The van der Waals surface area contributed by atoms with Crippen molar-refractivity contribution < 1.29 is 13.5 Å². The average Bonchev–Trinajstić information content (AvgIpc) is 2.38. The van der Waals surface area contributed by atoms with Crippen LogP contribution in [0.15, 0.2) is 34.8 Å². The lowest BCUT2D eigenvalue weighted by molar-refractivity contribution is 0.413. The Labute approximate surface area is 124 Å². The first-order valence-corrected chi connectivity index (χ1v) is 6.87. The fraction of sp³-hybridized carbons (Fsp3) is 0.200. The van der Waals surface area contributed by atoms with Crippen LogP contribution in [0.5, 0.6) is 11.5 Å². The number of ether oxygens (including phenoxy) is 1. The molecule has 0 radical (unpaired) electrons. The van der Waals surface area contributed by atoms with Gasteiger partial charge in [0.2, 0.25) is 5.82 Å². The van der Waals surface area contributed by atoms with E-state index in [0.29, 0.717) is 10.2 Å². The van der Waals surface area contributed by atoms with Gasteiger partial charge in [0.15, 0.2) is 11.6 Å². The number of aryl methyl sites for hydroxylation is 1. The first-order valence-electron chi connectivity index (χ1n) is 6.08. The SMILES string of the molecule is CNCc1ccc(Oc2cc(Br)cc(F)c2F)c(C)c1. The summed E-state index contributed by atoms with van der Waals surface area (Å²) in [7, 11) is 1.86. The van der Waals surface area contributed by atoms with E-state index < -0.39 is 11.6 Å². The van der Waals surface area contributed by atoms with Crippen LogP contribution in [0.2, 0.25) is 0 Å². The van der Waals surface area contributed by atoms with Crippen molar-refractivity contribution in [1.29, 1.82) is 0 Å². The Morgan fingerprint density at radius 1 is 1.15 bits per heavy atom. The van der Waals surface area contributed by atoms with Crippen LogP contribution in [0.3, 0.4) is 0 Å². The third-order valence-electron chi connectivity index (χ3n) is 2.80. The number of benzene rings is 2. The Morgan fingerprint density at radius 2 is 1.90 bits per heavy atom. The van der Waals surface area contributed by atoms with Gasteiger partial charge in [0.05, 0.1) is 0 Å². The van der Waals surface area contributed by atoms with E-state index in [-0.39, 0.29) is 5.75 Å². The van der Waals surface area contributed by atoms with Gasteiger partial charge >= 0.3 is 0 Å². The van der Waals surface area contributed by atoms with Crippen molar-refractivity contribution in [2.75, 3.05) is 7.05 Å². The molecular formula is C15H14BrF2NO. The van der Waals surface area contributed by atoms with Crippen LogP contribution >= 0.6 is 15.9 Å². The van der Waals surface area contributed by atoms with Gasteiger partial charge in [-0.1, -0.05) is 28.1 Å². The van der Waals surface area contributed by atoms with Crippen LogP contribution in [-0.2, 0) is 6.54 Å². The maximum Gasteiger partial charge on any atom is 0.201 e. The molecule has 0 spiro atoms. The standard InChI is InChI=1S/C15H14BrF2NO/c1-9-5-10(8-19-2)3-4-13(9)20-14-7-11(16)6-12(17)15(14)18/h3-7,19H,8H2,1-2H3. The molecule has 0 bridgehead atoms. The number of hydrogen-bond donors (Lipinski definition) is 1. The highest BCUT2D eigenvalue weighted by atomic mass is 79.9. The molecule has 2 rings (SSSR count). The van der Waals surface area contributed by atoms with E-state index in [1.807, 2.05) is 26.1 Å². The van der Waals surface area contributed by atoms with E-state index in [1.165, 1.54) is 6.07 Å². The molecule has 0 aliphatic carbocycles. The predicted molar refractivity (Wildman–Crippen MR) is 78.1 cm³/mol. The minimum Gasteiger partial charge on any atom is -0.454 e. The summed E-state index contributed by atoms with van der Waals surface area (Å²) in [6.45, 7) is 2.60. The zero-order chi connectivity index (χ0) is 14.7. The molecule has 0 fully saturated rings. The van der Waals surface area contributed by atoms with Crippen molar-refractivity contribution in [2.24, 2.45) is 0 Å². The molecule has 0 aliphatic heterocycles. The van der Waals surface area contributed by atoms with Crippen LogP contribution in [-0.4, -0.2) is 7.05 Å². The molecule has 5 heteroatoms. The molecular weight excluding hydrogens is 328 g/mol. The zero-order valence-corrected chi connectivity index (χ0v) is 12.7. The van der Waals surface area contributed by atoms with Crippen molar-refractivity contribution in [3.63, 3.8) is 0 Å². The largest absolute Gasteiger partial charge is 0.454 e. The van der Waals surface area contributed by atoms with Crippen LogP contribution in [0, 0.1) is 18.6 Å². The quantitative estimate of drug-likeness (QED) is 0.824. The number of halogens is 3. The van der Waals surface area contributed by atoms with E-state index >= 15 is 0 Å². The molecule has 2 nitrogen and oxygen atoms in total. The normalized spacial score (nSPS) is 10.7. The third-order valence-corrected chi connectivity index (χ3v) is 3.26. The highest BCUT2D eigenvalue weighted by Crippen LogP contribution is 2.31. The fourth-order valence-corrected chi connectivity index (χ4v) is 2.27. The summed E-state index contributed by atoms with van der Waals surface area (Å²) in [5, 5.41) is 3.05. The maximum absolute atomic E-state index is 13.7. The second-order valence-corrected chi connectivity index (χ2v) is 5.35. The van der Waals surface area contributed by atoms with Crippen LogP contribution in [0.1, 0.15) is 11.1 Å². The van der Waals surface area contributed by atoms with Gasteiger partial charge < -0.3 is 10.1 Å². The molecule has 0 atom stereocenters.